The van der Waals surface area contributed by atoms with Crippen LogP contribution in [0.1, 0.15) is 28.3 Å². The Morgan fingerprint density at radius 1 is 0.417 bits per heavy atom. The number of para-hydroxylation sites is 4. The summed E-state index contributed by atoms with van der Waals surface area (Å²) >= 11 is 0. The van der Waals surface area contributed by atoms with Gasteiger partial charge in [-0.05, 0) is 72.8 Å². The Labute approximate surface area is 497 Å². The Morgan fingerprint density at radius 2 is 0.792 bits per heavy atom. The molecule has 0 radical (unpaired) electrons. The van der Waals surface area contributed by atoms with E-state index in [9.17, 15) is 57.4 Å². The van der Waals surface area contributed by atoms with Crippen LogP contribution in [0.2, 0.25) is 0 Å². The standard InChI is InChI=1S/C44H38N8O12P4.4Na.4H/c45-39-26(5-1-9-32(39)65(53,54)55)30-19-25-18-23-14-13-21(49-23)17-22-15-16-24(50-22)20-31-36(27-6-2-10-33(40(27)46)66(56,57)58)37(28-7-3-11-34(41(28)47)67(59,60)61)44(52-31)38(43(30)51-25)29-8-4-12-35(42(29)48)68(62,63)64;;;;;;;;/h1-20,49,52H,45-48H2,(H2,53,54,55)(H2,56,57,58)(H2,59,60,61)(H2,62,63,64);;;;;;;;. The molecule has 18 N–H and O–H groups in total. The first-order valence-electron chi connectivity index (χ1n) is 19.9. The molecule has 2 aliphatic heterocycles. The van der Waals surface area contributed by atoms with Crippen molar-refractivity contribution >= 4 is 238 Å². The van der Waals surface area contributed by atoms with Crippen LogP contribution in [0.15, 0.2) is 103 Å². The number of rotatable bonds is 8. The van der Waals surface area contributed by atoms with Gasteiger partial charge < -0.3 is 72.0 Å². The number of nitrogen functional groups attached to an aromatic ring is 4. The molecule has 0 saturated carbocycles. The molecule has 8 bridgehead atoms. The first kappa shape index (κ1) is 60.1. The summed E-state index contributed by atoms with van der Waals surface area (Å²) in [6.07, 6.45) is 4.96. The van der Waals surface area contributed by atoms with E-state index in [2.05, 4.69) is 9.97 Å². The van der Waals surface area contributed by atoms with Crippen LogP contribution >= 0.6 is 30.4 Å². The number of aromatic nitrogens is 4. The van der Waals surface area contributed by atoms with Crippen LogP contribution in [0.4, 0.5) is 22.7 Å². The molecule has 3 aromatic heterocycles. The Kier molecular flexibility index (Phi) is 18.8. The summed E-state index contributed by atoms with van der Waals surface area (Å²) in [5, 5.41) is -2.30. The predicted octanol–water partition coefficient (Wildman–Crippen LogP) is 2.02. The van der Waals surface area contributed by atoms with Crippen molar-refractivity contribution in [1.29, 1.82) is 0 Å². The van der Waals surface area contributed by atoms with Gasteiger partial charge >= 0.3 is 149 Å². The summed E-state index contributed by atoms with van der Waals surface area (Å²) in [5.74, 6) is 0. The topological polar surface area (TPSA) is 392 Å². The number of nitrogens with zero attached hydrogens (tertiary/aromatic N) is 2. The maximum atomic E-state index is 13.1. The molecule has 0 atom stereocenters. The van der Waals surface area contributed by atoms with Crippen molar-refractivity contribution in [2.24, 2.45) is 0 Å². The van der Waals surface area contributed by atoms with E-state index in [1.54, 1.807) is 48.6 Å². The molecule has 5 heterocycles. The van der Waals surface area contributed by atoms with E-state index in [4.69, 9.17) is 32.9 Å². The third-order valence-electron chi connectivity index (χ3n) is 11.3. The average Bonchev–Trinajstić information content (AvgIpc) is 4.05. The van der Waals surface area contributed by atoms with Crippen LogP contribution in [0, 0.1) is 0 Å². The van der Waals surface area contributed by atoms with E-state index < -0.39 is 68.7 Å². The monoisotopic (exact) mass is 1090 g/mol. The molecule has 0 amide bonds. The van der Waals surface area contributed by atoms with Gasteiger partial charge in [0.1, 0.15) is 0 Å². The molecule has 28 heteroatoms. The number of hydrogen-bond acceptors (Lipinski definition) is 10. The number of nitrogens with one attached hydrogen (secondary N) is 2. The summed E-state index contributed by atoms with van der Waals surface area (Å²) in [4.78, 5) is 101. The third-order valence-corrected chi connectivity index (χ3v) is 15.4. The van der Waals surface area contributed by atoms with Crippen molar-refractivity contribution in [3.05, 3.63) is 131 Å². The first-order chi connectivity index (χ1) is 31.9. The van der Waals surface area contributed by atoms with E-state index in [0.29, 0.717) is 22.4 Å². The van der Waals surface area contributed by atoms with Crippen molar-refractivity contribution in [2.45, 2.75) is 0 Å². The molecule has 4 aromatic carbocycles. The summed E-state index contributed by atoms with van der Waals surface area (Å²) in [6, 6.07) is 24.1. The summed E-state index contributed by atoms with van der Waals surface area (Å²) in [5.41, 5.74) is 27.2. The first-order valence-corrected chi connectivity index (χ1v) is 26.3. The molecule has 0 aliphatic carbocycles. The molecule has 20 nitrogen and oxygen atoms in total. The quantitative estimate of drug-likeness (QED) is 0.0588. The molecular formula is C44H42N8Na4O12P4. The molecule has 0 saturated heterocycles. The Morgan fingerprint density at radius 3 is 1.24 bits per heavy atom. The van der Waals surface area contributed by atoms with Gasteiger partial charge in [-0.3, -0.25) is 18.3 Å². The number of fused-ring (bicyclic) bond motifs is 8. The molecule has 9 rings (SSSR count). The van der Waals surface area contributed by atoms with E-state index in [1.165, 1.54) is 48.5 Å². The number of benzene rings is 4. The van der Waals surface area contributed by atoms with Gasteiger partial charge in [-0.15, -0.1) is 0 Å². The molecule has 72 heavy (non-hydrogen) atoms. The average molecular weight is 1090 g/mol. The van der Waals surface area contributed by atoms with Crippen LogP contribution < -0.4 is 44.2 Å². The zero-order valence-corrected chi connectivity index (χ0v) is 38.3. The molecule has 7 aromatic rings. The van der Waals surface area contributed by atoms with Crippen LogP contribution in [-0.4, -0.2) is 177 Å². The van der Waals surface area contributed by atoms with Gasteiger partial charge in [0.05, 0.1) is 72.3 Å². The number of aromatic amines is 2. The molecule has 0 fully saturated rings. The summed E-state index contributed by atoms with van der Waals surface area (Å²) < 4.78 is 52.0. The number of anilines is 4. The van der Waals surface area contributed by atoms with Gasteiger partial charge in [0.25, 0.3) is 0 Å². The Hall–Kier alpha value is -2.72. The van der Waals surface area contributed by atoms with E-state index >= 15 is 0 Å². The van der Waals surface area contributed by atoms with Gasteiger partial charge in [0.15, 0.2) is 0 Å². The van der Waals surface area contributed by atoms with Crippen molar-refractivity contribution in [2.75, 3.05) is 22.9 Å². The van der Waals surface area contributed by atoms with Crippen molar-refractivity contribution < 1.29 is 57.4 Å². The van der Waals surface area contributed by atoms with Crippen LogP contribution in [0.25, 0.3) is 79.2 Å². The SMILES string of the molecule is Nc1c(C2=Cc3cc4ccc(cc5nc(cc6[nH]c(c(-c7cccc(P(=O)(O)O)c7N)c2n3)c(-c2cccc(P(=O)(O)O)c2N)c6-c2cccc(P(=O)(O)O)c2N)C=C5)[nH]4)cccc1P(=O)(O)O.[NaH].[NaH].[NaH].[NaH]. The Balaban J connectivity index is 0.00000241. The summed E-state index contributed by atoms with van der Waals surface area (Å²) in [7, 11) is -20.4. The van der Waals surface area contributed by atoms with Crippen LogP contribution in [0.3, 0.4) is 0 Å². The summed E-state index contributed by atoms with van der Waals surface area (Å²) in [6.45, 7) is 0. The van der Waals surface area contributed by atoms with E-state index in [-0.39, 0.29) is 191 Å². The molecule has 354 valence electrons. The fourth-order valence-electron chi connectivity index (χ4n) is 8.39. The zero-order chi connectivity index (χ0) is 48.8. The number of H-pyrrole nitrogens is 2. The van der Waals surface area contributed by atoms with Crippen LogP contribution in [0.5, 0.6) is 0 Å². The van der Waals surface area contributed by atoms with Gasteiger partial charge in [0.2, 0.25) is 0 Å². The predicted molar refractivity (Wildman–Crippen MR) is 293 cm³/mol. The van der Waals surface area contributed by atoms with Crippen molar-refractivity contribution in [3.8, 4) is 33.4 Å². The minimum atomic E-state index is -5.16. The number of nitrogens with two attached hydrogens (primary N) is 4. The van der Waals surface area contributed by atoms with E-state index in [0.717, 1.165) is 24.3 Å². The second-order valence-electron chi connectivity index (χ2n) is 15.7. The normalized spacial score (nSPS) is 12.5. The maximum absolute atomic E-state index is 13.1. The van der Waals surface area contributed by atoms with Crippen molar-refractivity contribution in [1.82, 2.24) is 19.9 Å². The second kappa shape index (κ2) is 22.5. The molecule has 0 spiro atoms. The second-order valence-corrected chi connectivity index (χ2v) is 22.0. The molecular weight excluding hydrogens is 1050 g/mol. The zero-order valence-electron chi connectivity index (χ0n) is 34.8. The van der Waals surface area contributed by atoms with Gasteiger partial charge in [-0.2, -0.15) is 0 Å². The Bertz CT molecular complexity index is 3790. The molecule has 2 aliphatic rings. The van der Waals surface area contributed by atoms with Gasteiger partial charge in [-0.1, -0.05) is 48.5 Å². The van der Waals surface area contributed by atoms with E-state index in [1.807, 2.05) is 0 Å². The van der Waals surface area contributed by atoms with Gasteiger partial charge in [0, 0.05) is 61.1 Å². The number of hydrogen-bond donors (Lipinski definition) is 14. The van der Waals surface area contributed by atoms with Gasteiger partial charge in [-0.25, -0.2) is 9.97 Å². The van der Waals surface area contributed by atoms with Crippen molar-refractivity contribution in [3.63, 3.8) is 0 Å². The van der Waals surface area contributed by atoms with Crippen LogP contribution in [-0.2, 0) is 18.3 Å². The molecule has 0 unspecified atom stereocenters. The fourth-order valence-corrected chi connectivity index (χ4v) is 11.2. The fraction of sp³-hybridized carbons (Fsp3) is 0. The minimum absolute atomic E-state index is 0. The third kappa shape index (κ3) is 11.7.